The molecule has 1 aliphatic rings. The lowest BCUT2D eigenvalue weighted by Crippen LogP contribution is -2.41. The van der Waals surface area contributed by atoms with Crippen molar-refractivity contribution in [3.05, 3.63) is 12.2 Å². The van der Waals surface area contributed by atoms with Crippen molar-refractivity contribution >= 4 is 0 Å². The molecule has 0 heterocycles. The van der Waals surface area contributed by atoms with Gasteiger partial charge in [0.15, 0.2) is 0 Å². The molecule has 0 aliphatic heterocycles. The van der Waals surface area contributed by atoms with Gasteiger partial charge in [-0.05, 0) is 33.1 Å². The van der Waals surface area contributed by atoms with Crippen LogP contribution in [-0.4, -0.2) is 5.54 Å². The number of allylic oxidation sites excluding steroid dienone is 1. The molecular formula is C10H19N. The quantitative estimate of drug-likeness (QED) is 0.619. The maximum absolute atomic E-state index is 6.07. The third-order valence-corrected chi connectivity index (χ3v) is 2.74. The van der Waals surface area contributed by atoms with Gasteiger partial charge in [0.1, 0.15) is 0 Å². The zero-order valence-corrected chi connectivity index (χ0v) is 7.85. The molecule has 0 amide bonds. The van der Waals surface area contributed by atoms with Crippen LogP contribution in [0.25, 0.3) is 0 Å². The molecule has 0 aromatic heterocycles. The highest BCUT2D eigenvalue weighted by Crippen LogP contribution is 2.54. The average Bonchev–Trinajstić information content (AvgIpc) is 2.61. The zero-order valence-electron chi connectivity index (χ0n) is 7.85. The summed E-state index contributed by atoms with van der Waals surface area (Å²) in [4.78, 5) is 0. The van der Waals surface area contributed by atoms with E-state index in [-0.39, 0.29) is 5.54 Å². The van der Waals surface area contributed by atoms with Crippen LogP contribution in [0.3, 0.4) is 0 Å². The third-order valence-electron chi connectivity index (χ3n) is 2.74. The van der Waals surface area contributed by atoms with E-state index in [1.165, 1.54) is 12.8 Å². The summed E-state index contributed by atoms with van der Waals surface area (Å²) in [7, 11) is 0. The summed E-state index contributed by atoms with van der Waals surface area (Å²) in [5.41, 5.74) is 6.37. The van der Waals surface area contributed by atoms with Gasteiger partial charge in [-0.25, -0.2) is 0 Å². The molecule has 1 heteroatoms. The Labute approximate surface area is 69.7 Å². The van der Waals surface area contributed by atoms with Crippen molar-refractivity contribution in [1.29, 1.82) is 0 Å². The molecule has 1 saturated carbocycles. The van der Waals surface area contributed by atoms with Gasteiger partial charge < -0.3 is 5.73 Å². The van der Waals surface area contributed by atoms with Crippen LogP contribution >= 0.6 is 0 Å². The number of nitrogens with two attached hydrogens (primary N) is 1. The first-order valence-corrected chi connectivity index (χ1v) is 4.48. The van der Waals surface area contributed by atoms with E-state index in [1.54, 1.807) is 0 Å². The van der Waals surface area contributed by atoms with Crippen LogP contribution in [0.15, 0.2) is 12.2 Å². The van der Waals surface area contributed by atoms with Crippen molar-refractivity contribution in [1.82, 2.24) is 0 Å². The van der Waals surface area contributed by atoms with Crippen molar-refractivity contribution in [2.45, 2.75) is 45.6 Å². The fourth-order valence-corrected chi connectivity index (χ4v) is 1.50. The second-order valence-electron chi connectivity index (χ2n) is 4.19. The molecule has 0 radical (unpaired) electrons. The lowest BCUT2D eigenvalue weighted by molar-refractivity contribution is 0.362. The maximum atomic E-state index is 6.07. The fraction of sp³-hybridized carbons (Fsp3) is 0.800. The molecular weight excluding hydrogens is 134 g/mol. The Kier molecular flexibility index (Phi) is 2.10. The number of hydrogen-bond acceptors (Lipinski definition) is 1. The van der Waals surface area contributed by atoms with E-state index in [0.717, 1.165) is 6.42 Å². The van der Waals surface area contributed by atoms with Crippen LogP contribution in [-0.2, 0) is 0 Å². The second kappa shape index (κ2) is 2.63. The van der Waals surface area contributed by atoms with Crippen molar-refractivity contribution in [3.8, 4) is 0 Å². The summed E-state index contributed by atoms with van der Waals surface area (Å²) in [5, 5.41) is 0. The molecule has 0 atom stereocenters. The van der Waals surface area contributed by atoms with Crippen LogP contribution < -0.4 is 5.73 Å². The van der Waals surface area contributed by atoms with Gasteiger partial charge in [0, 0.05) is 11.0 Å². The summed E-state index contributed by atoms with van der Waals surface area (Å²) in [6.07, 6.45) is 8.21. The van der Waals surface area contributed by atoms with Crippen LogP contribution in [0.2, 0.25) is 0 Å². The minimum Gasteiger partial charge on any atom is -0.325 e. The minimum absolute atomic E-state index is 0.0291. The van der Waals surface area contributed by atoms with Crippen LogP contribution in [0.4, 0.5) is 0 Å². The first kappa shape index (κ1) is 8.79. The zero-order chi connectivity index (χ0) is 8.54. The Bertz CT molecular complexity index is 158. The van der Waals surface area contributed by atoms with Crippen molar-refractivity contribution in [2.75, 3.05) is 0 Å². The molecule has 0 bridgehead atoms. The summed E-state index contributed by atoms with van der Waals surface area (Å²) >= 11 is 0. The lowest BCUT2D eigenvalue weighted by Gasteiger charge is -2.27. The van der Waals surface area contributed by atoms with E-state index >= 15 is 0 Å². The summed E-state index contributed by atoms with van der Waals surface area (Å²) in [5.74, 6) is 0. The molecule has 0 spiro atoms. The van der Waals surface area contributed by atoms with Crippen molar-refractivity contribution in [3.63, 3.8) is 0 Å². The Hall–Kier alpha value is -0.300. The standard InChI is InChI=1S/C10H19N/c1-4-5-6-10(7-8-10)9(2,3)11/h5-6H,4,7-8,11H2,1-3H3/b6-5+. The highest BCUT2D eigenvalue weighted by molar-refractivity contribution is 5.18. The van der Waals surface area contributed by atoms with Gasteiger partial charge in [0.25, 0.3) is 0 Å². The Morgan fingerprint density at radius 3 is 2.27 bits per heavy atom. The monoisotopic (exact) mass is 153 g/mol. The maximum Gasteiger partial charge on any atom is 0.0189 e. The highest BCUT2D eigenvalue weighted by Gasteiger charge is 2.50. The Morgan fingerprint density at radius 2 is 2.00 bits per heavy atom. The predicted molar refractivity (Wildman–Crippen MR) is 49.4 cm³/mol. The average molecular weight is 153 g/mol. The van der Waals surface area contributed by atoms with Gasteiger partial charge in [0.05, 0.1) is 0 Å². The second-order valence-corrected chi connectivity index (χ2v) is 4.19. The third kappa shape index (κ3) is 1.64. The van der Waals surface area contributed by atoms with Gasteiger partial charge in [0.2, 0.25) is 0 Å². The molecule has 0 aromatic rings. The number of rotatable bonds is 3. The predicted octanol–water partition coefficient (Wildman–Crippen LogP) is 2.47. The van der Waals surface area contributed by atoms with E-state index < -0.39 is 0 Å². The molecule has 11 heavy (non-hydrogen) atoms. The molecule has 2 N–H and O–H groups in total. The molecule has 1 nitrogen and oxygen atoms in total. The van der Waals surface area contributed by atoms with Gasteiger partial charge in [-0.3, -0.25) is 0 Å². The first-order valence-electron chi connectivity index (χ1n) is 4.48. The molecule has 1 aliphatic carbocycles. The van der Waals surface area contributed by atoms with E-state index in [4.69, 9.17) is 5.73 Å². The highest BCUT2D eigenvalue weighted by atomic mass is 14.8. The van der Waals surface area contributed by atoms with Gasteiger partial charge in [-0.15, -0.1) is 0 Å². The van der Waals surface area contributed by atoms with Crippen molar-refractivity contribution in [2.24, 2.45) is 11.1 Å². The van der Waals surface area contributed by atoms with E-state index in [0.29, 0.717) is 5.41 Å². The molecule has 0 saturated heterocycles. The van der Waals surface area contributed by atoms with Crippen molar-refractivity contribution < 1.29 is 0 Å². The fourth-order valence-electron chi connectivity index (χ4n) is 1.50. The van der Waals surface area contributed by atoms with E-state index in [2.05, 4.69) is 32.9 Å². The normalized spacial score (nSPS) is 22.5. The molecule has 0 aromatic carbocycles. The van der Waals surface area contributed by atoms with Crippen LogP contribution in [0, 0.1) is 5.41 Å². The van der Waals surface area contributed by atoms with Crippen LogP contribution in [0.1, 0.15) is 40.0 Å². The molecule has 0 unspecified atom stereocenters. The van der Waals surface area contributed by atoms with E-state index in [9.17, 15) is 0 Å². The first-order chi connectivity index (χ1) is 5.02. The minimum atomic E-state index is -0.0291. The van der Waals surface area contributed by atoms with Gasteiger partial charge >= 0.3 is 0 Å². The Morgan fingerprint density at radius 1 is 1.45 bits per heavy atom. The van der Waals surface area contributed by atoms with Crippen LogP contribution in [0.5, 0.6) is 0 Å². The summed E-state index contributed by atoms with van der Waals surface area (Å²) in [6.45, 7) is 6.41. The number of hydrogen-bond donors (Lipinski definition) is 1. The molecule has 1 fully saturated rings. The Balaban J connectivity index is 2.61. The SMILES string of the molecule is CC/C=C/C1(C(C)(C)N)CC1. The van der Waals surface area contributed by atoms with Gasteiger partial charge in [-0.1, -0.05) is 19.1 Å². The summed E-state index contributed by atoms with van der Waals surface area (Å²) < 4.78 is 0. The lowest BCUT2D eigenvalue weighted by atomic mass is 9.84. The molecule has 1 rings (SSSR count). The molecule has 64 valence electrons. The van der Waals surface area contributed by atoms with E-state index in [1.807, 2.05) is 0 Å². The topological polar surface area (TPSA) is 26.0 Å². The largest absolute Gasteiger partial charge is 0.325 e. The smallest absolute Gasteiger partial charge is 0.0189 e. The summed E-state index contributed by atoms with van der Waals surface area (Å²) in [6, 6.07) is 0. The van der Waals surface area contributed by atoms with Gasteiger partial charge in [-0.2, -0.15) is 0 Å².